The Morgan fingerprint density at radius 1 is 1.00 bits per heavy atom. The number of urea groups is 1. The van der Waals surface area contributed by atoms with Crippen LogP contribution in [0.15, 0.2) is 60.7 Å². The molecule has 160 valence electrons. The minimum Gasteiger partial charge on any atom is -0.488 e. The van der Waals surface area contributed by atoms with Crippen molar-refractivity contribution >= 4 is 11.9 Å². The van der Waals surface area contributed by atoms with Gasteiger partial charge in [0.15, 0.2) is 0 Å². The van der Waals surface area contributed by atoms with Crippen molar-refractivity contribution in [1.29, 1.82) is 0 Å². The number of hydrogen-bond acceptors (Lipinski definition) is 4. The van der Waals surface area contributed by atoms with E-state index in [9.17, 15) is 9.59 Å². The van der Waals surface area contributed by atoms with Gasteiger partial charge in [-0.05, 0) is 24.1 Å². The minimum atomic E-state index is -0.577. The lowest BCUT2D eigenvalue weighted by Crippen LogP contribution is -2.50. The highest BCUT2D eigenvalue weighted by Gasteiger charge is 2.40. The van der Waals surface area contributed by atoms with Gasteiger partial charge in [0.2, 0.25) is 5.91 Å². The van der Waals surface area contributed by atoms with Crippen molar-refractivity contribution in [3.05, 3.63) is 66.2 Å². The summed E-state index contributed by atoms with van der Waals surface area (Å²) < 4.78 is 11.0. The number of amides is 3. The maximum atomic E-state index is 12.8. The first-order chi connectivity index (χ1) is 14.7. The van der Waals surface area contributed by atoms with Gasteiger partial charge in [0.05, 0.1) is 13.2 Å². The maximum Gasteiger partial charge on any atom is 0.318 e. The quantitative estimate of drug-likeness (QED) is 0.620. The number of methoxy groups -OCH3 is 1. The highest BCUT2D eigenvalue weighted by Crippen LogP contribution is 2.23. The van der Waals surface area contributed by atoms with Gasteiger partial charge in [-0.25, -0.2) is 4.79 Å². The Hall–Kier alpha value is -3.06. The summed E-state index contributed by atoms with van der Waals surface area (Å²) in [6, 6.07) is 18.6. The molecular formula is C23H29N3O4. The fourth-order valence-corrected chi connectivity index (χ4v) is 3.50. The highest BCUT2D eigenvalue weighted by molar-refractivity contribution is 5.87. The van der Waals surface area contributed by atoms with E-state index in [1.54, 1.807) is 12.0 Å². The van der Waals surface area contributed by atoms with Crippen molar-refractivity contribution in [3.63, 3.8) is 0 Å². The van der Waals surface area contributed by atoms with Gasteiger partial charge in [0.1, 0.15) is 17.9 Å². The monoisotopic (exact) mass is 411 g/mol. The molecule has 2 atom stereocenters. The molecule has 0 saturated carbocycles. The molecule has 7 heteroatoms. The first kappa shape index (κ1) is 21.6. The van der Waals surface area contributed by atoms with E-state index in [0.717, 1.165) is 17.7 Å². The van der Waals surface area contributed by atoms with Crippen LogP contribution >= 0.6 is 0 Å². The molecule has 2 aromatic rings. The van der Waals surface area contributed by atoms with E-state index in [0.29, 0.717) is 32.7 Å². The van der Waals surface area contributed by atoms with Gasteiger partial charge in [-0.1, -0.05) is 48.5 Å². The molecule has 1 aliphatic heterocycles. The zero-order valence-corrected chi connectivity index (χ0v) is 17.3. The van der Waals surface area contributed by atoms with Gasteiger partial charge in [-0.15, -0.1) is 0 Å². The first-order valence-corrected chi connectivity index (χ1v) is 10.2. The number of carbonyl (C=O) groups excluding carboxylic acids is 2. The second kappa shape index (κ2) is 11.2. The average molecular weight is 412 g/mol. The van der Waals surface area contributed by atoms with E-state index in [-0.39, 0.29) is 18.0 Å². The van der Waals surface area contributed by atoms with Crippen LogP contribution in [-0.2, 0) is 16.0 Å². The van der Waals surface area contributed by atoms with E-state index >= 15 is 0 Å². The molecule has 0 aliphatic carbocycles. The van der Waals surface area contributed by atoms with Crippen LogP contribution in [-0.4, -0.2) is 62.3 Å². The number of ether oxygens (including phenoxy) is 2. The maximum absolute atomic E-state index is 12.8. The Morgan fingerprint density at radius 3 is 2.40 bits per heavy atom. The Morgan fingerprint density at radius 2 is 1.70 bits per heavy atom. The van der Waals surface area contributed by atoms with E-state index in [4.69, 9.17) is 9.47 Å². The number of rotatable bonds is 9. The summed E-state index contributed by atoms with van der Waals surface area (Å²) in [5, 5.41) is 5.77. The van der Waals surface area contributed by atoms with Crippen LogP contribution in [0.1, 0.15) is 12.0 Å². The van der Waals surface area contributed by atoms with E-state index < -0.39 is 6.04 Å². The summed E-state index contributed by atoms with van der Waals surface area (Å²) in [5.41, 5.74) is 1.15. The third-order valence-corrected chi connectivity index (χ3v) is 5.01. The molecule has 0 bridgehead atoms. The van der Waals surface area contributed by atoms with Crippen LogP contribution in [0, 0.1) is 0 Å². The first-order valence-electron chi connectivity index (χ1n) is 10.2. The van der Waals surface area contributed by atoms with Crippen molar-refractivity contribution in [3.8, 4) is 5.75 Å². The summed E-state index contributed by atoms with van der Waals surface area (Å²) in [6.07, 6.45) is 0.931. The molecule has 1 saturated heterocycles. The van der Waals surface area contributed by atoms with Crippen molar-refractivity contribution in [2.24, 2.45) is 0 Å². The lowest BCUT2D eigenvalue weighted by Gasteiger charge is -2.24. The SMILES string of the molecule is COCCNC(=O)[C@@H]1C[C@H](Oc2ccccc2)CN1C(=O)NCCc1ccccc1. The molecule has 1 fully saturated rings. The molecule has 1 heterocycles. The average Bonchev–Trinajstić information content (AvgIpc) is 3.19. The van der Waals surface area contributed by atoms with Crippen molar-refractivity contribution in [2.75, 3.05) is 33.4 Å². The Balaban J connectivity index is 1.59. The van der Waals surface area contributed by atoms with E-state index in [1.165, 1.54) is 0 Å². The van der Waals surface area contributed by atoms with Crippen LogP contribution in [0.5, 0.6) is 5.75 Å². The van der Waals surface area contributed by atoms with E-state index in [2.05, 4.69) is 10.6 Å². The van der Waals surface area contributed by atoms with Crippen LogP contribution in [0.3, 0.4) is 0 Å². The number of para-hydroxylation sites is 1. The van der Waals surface area contributed by atoms with Gasteiger partial charge in [0, 0.05) is 26.6 Å². The van der Waals surface area contributed by atoms with Crippen molar-refractivity contribution in [2.45, 2.75) is 25.0 Å². The zero-order valence-electron chi connectivity index (χ0n) is 17.3. The molecule has 0 unspecified atom stereocenters. The fraction of sp³-hybridized carbons (Fsp3) is 0.391. The molecule has 7 nitrogen and oxygen atoms in total. The molecule has 1 aliphatic rings. The van der Waals surface area contributed by atoms with Crippen LogP contribution in [0.25, 0.3) is 0 Å². The summed E-state index contributed by atoms with van der Waals surface area (Å²) in [4.78, 5) is 27.1. The summed E-state index contributed by atoms with van der Waals surface area (Å²) in [7, 11) is 1.58. The molecule has 0 aromatic heterocycles. The van der Waals surface area contributed by atoms with Crippen LogP contribution in [0.4, 0.5) is 4.79 Å². The van der Waals surface area contributed by atoms with Crippen molar-refractivity contribution < 1.29 is 19.1 Å². The van der Waals surface area contributed by atoms with Gasteiger partial charge < -0.3 is 25.0 Å². The Labute approximate surface area is 177 Å². The number of hydrogen-bond donors (Lipinski definition) is 2. The third-order valence-electron chi connectivity index (χ3n) is 5.01. The Bertz CT molecular complexity index is 801. The lowest BCUT2D eigenvalue weighted by atomic mass is 10.1. The molecule has 3 rings (SSSR count). The molecule has 2 aromatic carbocycles. The zero-order chi connectivity index (χ0) is 21.2. The van der Waals surface area contributed by atoms with Crippen LogP contribution in [0.2, 0.25) is 0 Å². The summed E-state index contributed by atoms with van der Waals surface area (Å²) >= 11 is 0. The topological polar surface area (TPSA) is 79.9 Å². The summed E-state index contributed by atoms with van der Waals surface area (Å²) in [5.74, 6) is 0.539. The largest absolute Gasteiger partial charge is 0.488 e. The number of benzene rings is 2. The second-order valence-electron chi connectivity index (χ2n) is 7.21. The van der Waals surface area contributed by atoms with E-state index in [1.807, 2.05) is 60.7 Å². The number of likely N-dealkylation sites (tertiary alicyclic amines) is 1. The Kier molecular flexibility index (Phi) is 8.09. The predicted octanol–water partition coefficient (Wildman–Crippen LogP) is 2.22. The molecule has 0 spiro atoms. The van der Waals surface area contributed by atoms with Crippen LogP contribution < -0.4 is 15.4 Å². The third kappa shape index (κ3) is 6.22. The molecule has 0 radical (unpaired) electrons. The minimum absolute atomic E-state index is 0.190. The fourth-order valence-electron chi connectivity index (χ4n) is 3.50. The summed E-state index contributed by atoms with van der Waals surface area (Å²) in [6.45, 7) is 1.68. The normalized spacial score (nSPS) is 18.1. The van der Waals surface area contributed by atoms with Crippen molar-refractivity contribution in [1.82, 2.24) is 15.5 Å². The molecular weight excluding hydrogens is 382 g/mol. The smallest absolute Gasteiger partial charge is 0.318 e. The van der Waals surface area contributed by atoms with Gasteiger partial charge in [-0.2, -0.15) is 0 Å². The van der Waals surface area contributed by atoms with Gasteiger partial charge in [-0.3, -0.25) is 4.79 Å². The van der Waals surface area contributed by atoms with Gasteiger partial charge in [0.25, 0.3) is 0 Å². The standard InChI is InChI=1S/C23H29N3O4/c1-29-15-14-24-22(27)21-16-20(30-19-10-6-3-7-11-19)17-26(21)23(28)25-13-12-18-8-4-2-5-9-18/h2-11,20-21H,12-17H2,1H3,(H,24,27)(H,25,28)/t20-,21-/m0/s1. The predicted molar refractivity (Wildman–Crippen MR) is 114 cm³/mol. The van der Waals surface area contributed by atoms with Gasteiger partial charge >= 0.3 is 6.03 Å². The second-order valence-corrected chi connectivity index (χ2v) is 7.21. The number of nitrogens with zero attached hydrogens (tertiary/aromatic N) is 1. The number of nitrogens with one attached hydrogen (secondary N) is 2. The molecule has 30 heavy (non-hydrogen) atoms. The highest BCUT2D eigenvalue weighted by atomic mass is 16.5. The lowest BCUT2D eigenvalue weighted by molar-refractivity contribution is -0.124. The number of carbonyl (C=O) groups is 2. The molecule has 2 N–H and O–H groups in total. The molecule has 3 amide bonds.